The van der Waals surface area contributed by atoms with Crippen LogP contribution in [0, 0.1) is 34.5 Å². The molecule has 36 heavy (non-hydrogen) atoms. The van der Waals surface area contributed by atoms with Crippen molar-refractivity contribution in [3.8, 4) is 0 Å². The van der Waals surface area contributed by atoms with E-state index in [1.807, 2.05) is 14.2 Å². The molecule has 3 rings (SSSR count). The molecule has 0 radical (unpaired) electrons. The molecule has 0 aromatic heterocycles. The molecule has 0 aromatic carbocycles. The maximum Gasteiger partial charge on any atom is 0.333 e. The first-order chi connectivity index (χ1) is 16.8. The van der Waals surface area contributed by atoms with Crippen LogP contribution in [-0.2, 0) is 27.8 Å². The zero-order chi connectivity index (χ0) is 26.7. The van der Waals surface area contributed by atoms with E-state index >= 15 is 0 Å². The average molecular weight is 530 g/mol. The quantitative estimate of drug-likeness (QED) is 0.212. The van der Waals surface area contributed by atoms with Gasteiger partial charge in [-0.05, 0) is 79.6 Å². The normalized spacial score (nSPS) is 37.5. The van der Waals surface area contributed by atoms with Gasteiger partial charge < -0.3 is 32.9 Å². The highest BCUT2D eigenvalue weighted by Gasteiger charge is 2.56. The van der Waals surface area contributed by atoms with E-state index in [4.69, 9.17) is 27.8 Å². The highest BCUT2D eigenvalue weighted by molar-refractivity contribution is 7.41. The van der Waals surface area contributed by atoms with E-state index in [-0.39, 0.29) is 35.2 Å². The second-order valence-electron chi connectivity index (χ2n) is 13.1. The van der Waals surface area contributed by atoms with E-state index in [2.05, 4.69) is 48.1 Å². The smallest absolute Gasteiger partial charge is 0.333 e. The van der Waals surface area contributed by atoms with Crippen LogP contribution in [0.2, 0.25) is 0 Å². The Hall–Kier alpha value is -0.430. The molecule has 7 nitrogen and oxygen atoms in total. The number of unbranched alkanes of at least 4 members (excludes halogenated alkanes) is 1. The highest BCUT2D eigenvalue weighted by Crippen LogP contribution is 2.60. The molecule has 1 saturated heterocycles. The van der Waals surface area contributed by atoms with Gasteiger partial charge in [0.05, 0.1) is 31.0 Å². The predicted molar refractivity (Wildman–Crippen MR) is 140 cm³/mol. The first kappa shape index (κ1) is 30.1. The van der Waals surface area contributed by atoms with Crippen molar-refractivity contribution in [3.63, 3.8) is 0 Å². The van der Waals surface area contributed by atoms with Crippen molar-refractivity contribution >= 4 is 8.60 Å². The summed E-state index contributed by atoms with van der Waals surface area (Å²) in [7, 11) is 2.18. The zero-order valence-electron chi connectivity index (χ0n) is 23.8. The van der Waals surface area contributed by atoms with Gasteiger partial charge >= 0.3 is 8.60 Å². The van der Waals surface area contributed by atoms with Crippen molar-refractivity contribution in [2.75, 3.05) is 27.4 Å². The van der Waals surface area contributed by atoms with Crippen molar-refractivity contribution < 1.29 is 32.9 Å². The van der Waals surface area contributed by atoms with Gasteiger partial charge in [0.2, 0.25) is 0 Å². The minimum absolute atomic E-state index is 0.0563. The third-order valence-electron chi connectivity index (χ3n) is 8.60. The Morgan fingerprint density at radius 1 is 0.806 bits per heavy atom. The molecule has 0 N–H and O–H groups in total. The fourth-order valence-electron chi connectivity index (χ4n) is 6.53. The topological polar surface area (TPSA) is 78.4 Å². The van der Waals surface area contributed by atoms with Crippen LogP contribution >= 0.6 is 8.60 Å². The summed E-state index contributed by atoms with van der Waals surface area (Å²) >= 11 is 0. The summed E-state index contributed by atoms with van der Waals surface area (Å²) in [6.45, 7) is 18.0. The molecule has 2 saturated carbocycles. The lowest BCUT2D eigenvalue weighted by atomic mass is 9.57. The van der Waals surface area contributed by atoms with Crippen LogP contribution in [0.15, 0.2) is 12.5 Å². The third-order valence-corrected chi connectivity index (χ3v) is 9.82. The lowest BCUT2D eigenvalue weighted by Gasteiger charge is -2.51. The SMILES string of the molecule is C=C([O-])OCCCCOP1OC2C(CC(OC)CC2C(C)(C)C)C2CC(OC)CC(C(C)(C)C)C2O1. The van der Waals surface area contributed by atoms with Crippen LogP contribution in [0.3, 0.4) is 0 Å². The summed E-state index contributed by atoms with van der Waals surface area (Å²) in [5.74, 6) is 0.836. The molecule has 210 valence electrons. The molecular weight excluding hydrogens is 479 g/mol. The summed E-state index contributed by atoms with van der Waals surface area (Å²) in [4.78, 5) is 0. The van der Waals surface area contributed by atoms with Gasteiger partial charge in [-0.2, -0.15) is 0 Å². The Morgan fingerprint density at radius 3 is 1.64 bits per heavy atom. The first-order valence-corrected chi connectivity index (χ1v) is 14.8. The van der Waals surface area contributed by atoms with Crippen molar-refractivity contribution in [1.29, 1.82) is 0 Å². The summed E-state index contributed by atoms with van der Waals surface area (Å²) in [6, 6.07) is 0. The summed E-state index contributed by atoms with van der Waals surface area (Å²) in [5.41, 5.74) is 0.134. The molecule has 8 atom stereocenters. The molecule has 0 spiro atoms. The monoisotopic (exact) mass is 529 g/mol. The lowest BCUT2D eigenvalue weighted by Crippen LogP contribution is -2.53. The predicted octanol–water partition coefficient (Wildman–Crippen LogP) is 5.82. The molecule has 3 aliphatic rings. The Balaban J connectivity index is 1.87. The number of methoxy groups -OCH3 is 2. The molecule has 0 amide bonds. The molecule has 8 unspecified atom stereocenters. The molecule has 3 fully saturated rings. The Kier molecular flexibility index (Phi) is 10.6. The largest absolute Gasteiger partial charge is 0.614 e. The van der Waals surface area contributed by atoms with Crippen molar-refractivity contribution in [2.45, 2.75) is 104 Å². The summed E-state index contributed by atoms with van der Waals surface area (Å²) in [6.07, 6.45) is 5.96. The molecule has 2 aliphatic carbocycles. The van der Waals surface area contributed by atoms with Crippen LogP contribution in [0.4, 0.5) is 0 Å². The maximum absolute atomic E-state index is 10.9. The van der Waals surface area contributed by atoms with Gasteiger partial charge in [-0.25, -0.2) is 0 Å². The fourth-order valence-corrected chi connectivity index (χ4v) is 7.98. The van der Waals surface area contributed by atoms with Crippen molar-refractivity contribution in [3.05, 3.63) is 12.5 Å². The first-order valence-electron chi connectivity index (χ1n) is 13.7. The van der Waals surface area contributed by atoms with Gasteiger partial charge in [0.25, 0.3) is 0 Å². The number of ether oxygens (including phenoxy) is 3. The molecule has 8 heteroatoms. The van der Waals surface area contributed by atoms with Crippen LogP contribution < -0.4 is 5.11 Å². The summed E-state index contributed by atoms with van der Waals surface area (Å²) in [5, 5.41) is 10.9. The minimum atomic E-state index is -1.51. The van der Waals surface area contributed by atoms with Crippen molar-refractivity contribution in [2.24, 2.45) is 34.5 Å². The van der Waals surface area contributed by atoms with E-state index < -0.39 is 14.5 Å². The zero-order valence-corrected chi connectivity index (χ0v) is 24.7. The number of fused-ring (bicyclic) bond motifs is 3. The molecule has 0 aromatic rings. The van der Waals surface area contributed by atoms with E-state index in [0.29, 0.717) is 36.9 Å². The van der Waals surface area contributed by atoms with Crippen LogP contribution in [0.25, 0.3) is 0 Å². The maximum atomic E-state index is 10.9. The van der Waals surface area contributed by atoms with Gasteiger partial charge in [-0.15, -0.1) is 0 Å². The van der Waals surface area contributed by atoms with Crippen LogP contribution in [0.1, 0.15) is 80.1 Å². The molecular formula is C28H50O7P-. The van der Waals surface area contributed by atoms with E-state index in [9.17, 15) is 5.11 Å². The van der Waals surface area contributed by atoms with Crippen molar-refractivity contribution in [1.82, 2.24) is 0 Å². The fraction of sp³-hybridized carbons (Fsp3) is 0.929. The highest BCUT2D eigenvalue weighted by atomic mass is 31.2. The number of rotatable bonds is 9. The Labute approximate surface area is 220 Å². The molecule has 1 aliphatic heterocycles. The van der Waals surface area contributed by atoms with Gasteiger partial charge in [0, 0.05) is 20.2 Å². The average Bonchev–Trinajstić information content (AvgIpc) is 2.94. The van der Waals surface area contributed by atoms with E-state index in [1.54, 1.807) is 0 Å². The Morgan fingerprint density at radius 2 is 1.25 bits per heavy atom. The van der Waals surface area contributed by atoms with Crippen LogP contribution in [0.5, 0.6) is 0 Å². The number of hydrogen-bond acceptors (Lipinski definition) is 7. The summed E-state index contributed by atoms with van der Waals surface area (Å²) < 4.78 is 36.9. The lowest BCUT2D eigenvalue weighted by molar-refractivity contribution is -0.356. The standard InChI is InChI=1S/C28H51O7P/c1-18(29)32-12-10-11-13-33-36-34-25-21(14-19(30-8)16-23(25)27(2,3)4)22-15-20(31-9)17-24(26(22)35-36)28(5,6)7/h19-26,29H,1,10-17H2,2-9H3/p-1. The second-order valence-corrected chi connectivity index (χ2v) is 14.2. The van der Waals surface area contributed by atoms with Crippen LogP contribution in [-0.4, -0.2) is 51.8 Å². The van der Waals surface area contributed by atoms with Gasteiger partial charge in [-0.1, -0.05) is 48.1 Å². The van der Waals surface area contributed by atoms with Gasteiger partial charge in [0.15, 0.2) is 0 Å². The Bertz CT molecular complexity index is 657. The third kappa shape index (κ3) is 7.57. The van der Waals surface area contributed by atoms with E-state index in [1.165, 1.54) is 0 Å². The van der Waals surface area contributed by atoms with Gasteiger partial charge in [0.1, 0.15) is 0 Å². The van der Waals surface area contributed by atoms with Gasteiger partial charge in [-0.3, -0.25) is 0 Å². The molecule has 1 heterocycles. The van der Waals surface area contributed by atoms with E-state index in [0.717, 1.165) is 38.5 Å². The molecule has 0 bridgehead atoms. The minimum Gasteiger partial charge on any atom is -0.614 e. The number of hydrogen-bond donors (Lipinski definition) is 0. The second kappa shape index (κ2) is 12.6.